The van der Waals surface area contributed by atoms with Crippen LogP contribution >= 0.6 is 0 Å². The average molecular weight is 449 g/mol. The number of aliphatic hydroxyl groups is 1. The Morgan fingerprint density at radius 2 is 1.59 bits per heavy atom. The van der Waals surface area contributed by atoms with Crippen molar-refractivity contribution in [2.24, 2.45) is 11.3 Å². The number of nitrogens with one attached hydrogen (secondary N) is 2. The number of aliphatic carboxylic acids is 1. The van der Waals surface area contributed by atoms with Gasteiger partial charge in [0.1, 0.15) is 11.5 Å². The molecule has 2 amide bonds. The van der Waals surface area contributed by atoms with Crippen LogP contribution in [-0.4, -0.2) is 52.5 Å². The van der Waals surface area contributed by atoms with E-state index >= 15 is 0 Å². The number of carboxylic acid groups (broad SMARTS) is 1. The van der Waals surface area contributed by atoms with Crippen LogP contribution in [0.25, 0.3) is 0 Å². The second kappa shape index (κ2) is 13.0. The van der Waals surface area contributed by atoms with Crippen LogP contribution in [0.4, 0.5) is 0 Å². The topological polar surface area (TPSA) is 133 Å². The van der Waals surface area contributed by atoms with E-state index in [0.29, 0.717) is 12.3 Å². The highest BCUT2D eigenvalue weighted by molar-refractivity contribution is 6.06. The zero-order valence-electron chi connectivity index (χ0n) is 19.4. The summed E-state index contributed by atoms with van der Waals surface area (Å²) < 4.78 is 0. The first-order chi connectivity index (χ1) is 15.0. The number of unbranched alkanes of at least 4 members (excludes halogenated alkanes) is 1. The van der Waals surface area contributed by atoms with E-state index in [4.69, 9.17) is 0 Å². The molecule has 0 bridgehead atoms. The third kappa shape index (κ3) is 8.78. The first kappa shape index (κ1) is 27.3. The standard InChI is InChI=1S/C24H36N2O6/c1-16(2)10-8-9-13-20(28)25-19(15-27)22(30)26-18(14-17-11-6-5-7-12-17)21(29)24(3,4)23(31)32/h5-7,11-12,16,18-19,27H,8-10,13-15H2,1-4H3,(H,25,28)(H,26,30)(H,31,32)/t18-,19-/m0/s1. The van der Waals surface area contributed by atoms with E-state index in [-0.39, 0.29) is 18.7 Å². The maximum atomic E-state index is 13.0. The van der Waals surface area contributed by atoms with Crippen molar-refractivity contribution in [1.29, 1.82) is 0 Å². The van der Waals surface area contributed by atoms with Crippen molar-refractivity contribution in [1.82, 2.24) is 10.6 Å². The molecule has 0 fully saturated rings. The molecular weight excluding hydrogens is 412 g/mol. The van der Waals surface area contributed by atoms with Crippen LogP contribution < -0.4 is 10.6 Å². The Labute approximate surface area is 189 Å². The van der Waals surface area contributed by atoms with Crippen LogP contribution in [0.3, 0.4) is 0 Å². The summed E-state index contributed by atoms with van der Waals surface area (Å²) in [4.78, 5) is 49.5. The number of ketones is 1. The lowest BCUT2D eigenvalue weighted by Gasteiger charge is -2.27. The Hall–Kier alpha value is -2.74. The fourth-order valence-electron chi connectivity index (χ4n) is 3.17. The monoisotopic (exact) mass is 448 g/mol. The second-order valence-electron chi connectivity index (χ2n) is 8.99. The highest BCUT2D eigenvalue weighted by atomic mass is 16.4. The Balaban J connectivity index is 2.87. The summed E-state index contributed by atoms with van der Waals surface area (Å²) in [5, 5.41) is 24.1. The predicted molar refractivity (Wildman–Crippen MR) is 121 cm³/mol. The minimum atomic E-state index is -1.72. The molecule has 8 nitrogen and oxygen atoms in total. The molecule has 4 N–H and O–H groups in total. The summed E-state index contributed by atoms with van der Waals surface area (Å²) in [7, 11) is 0. The van der Waals surface area contributed by atoms with Crippen molar-refractivity contribution >= 4 is 23.6 Å². The molecular formula is C24H36N2O6. The van der Waals surface area contributed by atoms with Gasteiger partial charge < -0.3 is 20.8 Å². The predicted octanol–water partition coefficient (Wildman–Crippen LogP) is 2.09. The molecule has 8 heteroatoms. The lowest BCUT2D eigenvalue weighted by molar-refractivity contribution is -0.154. The summed E-state index contributed by atoms with van der Waals surface area (Å²) in [5.41, 5.74) is -0.983. The van der Waals surface area contributed by atoms with Crippen LogP contribution in [0.2, 0.25) is 0 Å². The van der Waals surface area contributed by atoms with Crippen LogP contribution in [0.5, 0.6) is 0 Å². The lowest BCUT2D eigenvalue weighted by Crippen LogP contribution is -2.56. The zero-order chi connectivity index (χ0) is 24.3. The average Bonchev–Trinajstić information content (AvgIpc) is 2.74. The van der Waals surface area contributed by atoms with Crippen molar-refractivity contribution in [3.63, 3.8) is 0 Å². The van der Waals surface area contributed by atoms with Gasteiger partial charge >= 0.3 is 5.97 Å². The van der Waals surface area contributed by atoms with Gasteiger partial charge in [0.25, 0.3) is 0 Å². The Bertz CT molecular complexity index is 776. The second-order valence-corrected chi connectivity index (χ2v) is 8.99. The van der Waals surface area contributed by atoms with E-state index in [1.165, 1.54) is 13.8 Å². The molecule has 0 saturated carbocycles. The van der Waals surface area contributed by atoms with Gasteiger partial charge in [-0.2, -0.15) is 0 Å². The highest BCUT2D eigenvalue weighted by Gasteiger charge is 2.41. The van der Waals surface area contributed by atoms with Gasteiger partial charge in [-0.05, 0) is 38.2 Å². The van der Waals surface area contributed by atoms with Crippen LogP contribution in [0, 0.1) is 11.3 Å². The third-order valence-corrected chi connectivity index (χ3v) is 5.34. The Morgan fingerprint density at radius 3 is 2.12 bits per heavy atom. The van der Waals surface area contributed by atoms with E-state index < -0.39 is 41.8 Å². The van der Waals surface area contributed by atoms with Crippen LogP contribution in [0.1, 0.15) is 58.9 Å². The number of hydrogen-bond donors (Lipinski definition) is 4. The molecule has 0 aliphatic heterocycles. The number of carbonyl (C=O) groups excluding carboxylic acids is 3. The first-order valence-electron chi connectivity index (χ1n) is 11.0. The summed E-state index contributed by atoms with van der Waals surface area (Å²) >= 11 is 0. The van der Waals surface area contributed by atoms with Crippen LogP contribution in [-0.2, 0) is 25.6 Å². The van der Waals surface area contributed by atoms with Gasteiger partial charge in [-0.15, -0.1) is 0 Å². The summed E-state index contributed by atoms with van der Waals surface area (Å²) in [6.45, 7) is 6.13. The van der Waals surface area contributed by atoms with Gasteiger partial charge in [0.2, 0.25) is 11.8 Å². The largest absolute Gasteiger partial charge is 0.481 e. The number of carbonyl (C=O) groups is 4. The van der Waals surface area contributed by atoms with E-state index in [0.717, 1.165) is 18.4 Å². The molecule has 0 unspecified atom stereocenters. The van der Waals surface area contributed by atoms with E-state index in [1.807, 2.05) is 0 Å². The third-order valence-electron chi connectivity index (χ3n) is 5.34. The Morgan fingerprint density at radius 1 is 0.969 bits per heavy atom. The number of amides is 2. The minimum absolute atomic E-state index is 0.0867. The van der Waals surface area contributed by atoms with Gasteiger partial charge in [0.05, 0.1) is 12.6 Å². The van der Waals surface area contributed by atoms with Crippen molar-refractivity contribution < 1.29 is 29.4 Å². The van der Waals surface area contributed by atoms with Gasteiger partial charge in [-0.3, -0.25) is 19.2 Å². The fraction of sp³-hybridized carbons (Fsp3) is 0.583. The van der Waals surface area contributed by atoms with E-state index in [9.17, 15) is 29.4 Å². The molecule has 0 spiro atoms. The molecule has 0 aliphatic carbocycles. The molecule has 2 atom stereocenters. The molecule has 0 aliphatic rings. The molecule has 0 radical (unpaired) electrons. The Kier molecular flexibility index (Phi) is 11.1. The molecule has 1 aromatic rings. The van der Waals surface area contributed by atoms with E-state index in [2.05, 4.69) is 24.5 Å². The normalized spacial score (nSPS) is 13.3. The van der Waals surface area contributed by atoms with Crippen molar-refractivity contribution in [3.8, 4) is 0 Å². The fourth-order valence-corrected chi connectivity index (χ4v) is 3.17. The van der Waals surface area contributed by atoms with Crippen molar-refractivity contribution in [3.05, 3.63) is 35.9 Å². The van der Waals surface area contributed by atoms with Gasteiger partial charge in [0.15, 0.2) is 5.78 Å². The molecule has 1 aromatic carbocycles. The molecule has 178 valence electrons. The molecule has 0 heterocycles. The number of benzene rings is 1. The minimum Gasteiger partial charge on any atom is -0.481 e. The number of Topliss-reactive ketones (excluding diaryl/α,β-unsaturated/α-hetero) is 1. The number of aliphatic hydroxyl groups excluding tert-OH is 1. The summed E-state index contributed by atoms with van der Waals surface area (Å²) in [6.07, 6.45) is 2.88. The quantitative estimate of drug-likeness (QED) is 0.254. The first-order valence-corrected chi connectivity index (χ1v) is 11.0. The summed E-state index contributed by atoms with van der Waals surface area (Å²) in [5.74, 6) is -2.52. The van der Waals surface area contributed by atoms with Gasteiger partial charge in [0, 0.05) is 6.42 Å². The van der Waals surface area contributed by atoms with Crippen molar-refractivity contribution in [2.45, 2.75) is 71.9 Å². The van der Waals surface area contributed by atoms with E-state index in [1.54, 1.807) is 30.3 Å². The lowest BCUT2D eigenvalue weighted by atomic mass is 9.82. The van der Waals surface area contributed by atoms with Gasteiger partial charge in [-0.25, -0.2) is 0 Å². The van der Waals surface area contributed by atoms with Crippen molar-refractivity contribution in [2.75, 3.05) is 6.61 Å². The zero-order valence-corrected chi connectivity index (χ0v) is 19.4. The van der Waals surface area contributed by atoms with Gasteiger partial charge in [-0.1, -0.05) is 57.0 Å². The number of carboxylic acids is 1. The smallest absolute Gasteiger partial charge is 0.316 e. The van der Waals surface area contributed by atoms with Crippen LogP contribution in [0.15, 0.2) is 30.3 Å². The molecule has 0 aromatic heterocycles. The highest BCUT2D eigenvalue weighted by Crippen LogP contribution is 2.21. The molecule has 0 saturated heterocycles. The summed E-state index contributed by atoms with van der Waals surface area (Å²) in [6, 6.07) is 6.53. The number of rotatable bonds is 14. The molecule has 1 rings (SSSR count). The SMILES string of the molecule is CC(C)CCCCC(=O)N[C@@H](CO)C(=O)N[C@@H](Cc1ccccc1)C(=O)C(C)(C)C(=O)O. The maximum Gasteiger partial charge on any atom is 0.316 e. The molecule has 32 heavy (non-hydrogen) atoms. The number of hydrogen-bond acceptors (Lipinski definition) is 5. The maximum absolute atomic E-state index is 13.0.